The number of hydrogen-bond donors (Lipinski definition) is 2. The fourth-order valence-electron chi connectivity index (χ4n) is 4.55. The zero-order chi connectivity index (χ0) is 16.8. The molecular weight excluding hydrogens is 332 g/mol. The van der Waals surface area contributed by atoms with Gasteiger partial charge in [-0.25, -0.2) is 4.98 Å². The average molecular weight is 356 g/mol. The molecular formula is C19H24N4OS. The zero-order valence-corrected chi connectivity index (χ0v) is 15.1. The van der Waals surface area contributed by atoms with Gasteiger partial charge in [-0.2, -0.15) is 0 Å². The number of aromatic nitrogens is 1. The van der Waals surface area contributed by atoms with E-state index in [1.807, 2.05) is 12.3 Å². The quantitative estimate of drug-likeness (QED) is 0.888. The van der Waals surface area contributed by atoms with E-state index >= 15 is 0 Å². The van der Waals surface area contributed by atoms with E-state index < -0.39 is 0 Å². The Morgan fingerprint density at radius 2 is 2.12 bits per heavy atom. The van der Waals surface area contributed by atoms with Gasteiger partial charge >= 0.3 is 0 Å². The van der Waals surface area contributed by atoms with Crippen LogP contribution < -0.4 is 15.5 Å². The van der Waals surface area contributed by atoms with Crippen molar-refractivity contribution in [3.63, 3.8) is 0 Å². The molecule has 0 aliphatic carbocycles. The fourth-order valence-corrected chi connectivity index (χ4v) is 5.62. The number of nitrogens with one attached hydrogen (secondary N) is 2. The van der Waals surface area contributed by atoms with E-state index in [9.17, 15) is 4.79 Å². The highest BCUT2D eigenvalue weighted by atomic mass is 32.1. The second kappa shape index (κ2) is 6.25. The Morgan fingerprint density at radius 1 is 1.24 bits per heavy atom. The molecule has 2 aromatic rings. The molecule has 0 saturated carbocycles. The lowest BCUT2D eigenvalue weighted by molar-refractivity contribution is 0.0926. The second-order valence-corrected chi connectivity index (χ2v) is 8.67. The van der Waals surface area contributed by atoms with Gasteiger partial charge in [0.25, 0.3) is 5.91 Å². The topological polar surface area (TPSA) is 57.3 Å². The molecule has 5 rings (SSSR count). The molecule has 5 heterocycles. The highest BCUT2D eigenvalue weighted by molar-refractivity contribution is 7.22. The molecule has 6 heteroatoms. The van der Waals surface area contributed by atoms with Gasteiger partial charge in [-0.3, -0.25) is 4.79 Å². The largest absolute Gasteiger partial charge is 0.363 e. The number of amides is 1. The number of carbonyl (C=O) groups excluding carboxylic acids is 1. The lowest BCUT2D eigenvalue weighted by atomic mass is 9.95. The summed E-state index contributed by atoms with van der Waals surface area (Å²) < 4.78 is 1.17. The van der Waals surface area contributed by atoms with Crippen molar-refractivity contribution in [1.29, 1.82) is 0 Å². The Balaban J connectivity index is 1.34. The predicted octanol–water partition coefficient (Wildman–Crippen LogP) is 2.91. The van der Waals surface area contributed by atoms with Crippen molar-refractivity contribution in [3.05, 3.63) is 24.0 Å². The van der Waals surface area contributed by atoms with Crippen molar-refractivity contribution in [2.24, 2.45) is 0 Å². The van der Waals surface area contributed by atoms with Gasteiger partial charge in [-0.05, 0) is 56.0 Å². The van der Waals surface area contributed by atoms with Gasteiger partial charge in [0.2, 0.25) is 0 Å². The molecule has 3 fully saturated rings. The van der Waals surface area contributed by atoms with Crippen LogP contribution in [-0.4, -0.2) is 42.1 Å². The van der Waals surface area contributed by atoms with Crippen LogP contribution in [0, 0.1) is 0 Å². The van der Waals surface area contributed by atoms with Gasteiger partial charge in [0.05, 0.1) is 9.70 Å². The van der Waals surface area contributed by atoms with Crippen LogP contribution in [-0.2, 0) is 0 Å². The van der Waals surface area contributed by atoms with Gasteiger partial charge in [0.1, 0.15) is 5.69 Å². The van der Waals surface area contributed by atoms with Gasteiger partial charge < -0.3 is 15.5 Å². The number of pyridine rings is 1. The summed E-state index contributed by atoms with van der Waals surface area (Å²) in [5.41, 5.74) is 0.540. The van der Waals surface area contributed by atoms with Crippen molar-refractivity contribution < 1.29 is 4.79 Å². The summed E-state index contributed by atoms with van der Waals surface area (Å²) in [4.78, 5) is 19.5. The number of piperidine rings is 1. The molecule has 0 unspecified atom stereocenters. The summed E-state index contributed by atoms with van der Waals surface area (Å²) in [5, 5.41) is 9.20. The lowest BCUT2D eigenvalue weighted by Gasteiger charge is -2.26. The van der Waals surface area contributed by atoms with Crippen LogP contribution in [0.2, 0.25) is 0 Å². The molecule has 3 atom stereocenters. The van der Waals surface area contributed by atoms with Gasteiger partial charge in [-0.15, -0.1) is 11.3 Å². The molecule has 3 saturated heterocycles. The molecule has 0 aromatic carbocycles. The Morgan fingerprint density at radius 3 is 2.88 bits per heavy atom. The number of rotatable bonds is 3. The van der Waals surface area contributed by atoms with E-state index in [-0.39, 0.29) is 11.9 Å². The molecule has 3 aliphatic rings. The SMILES string of the molecule is O=C(N[C@@H]1C[C@H]2CC[C@@H]1N2)c1cc2cc(N3CCCCC3)sc2cn1. The van der Waals surface area contributed by atoms with E-state index in [1.54, 1.807) is 11.3 Å². The summed E-state index contributed by atoms with van der Waals surface area (Å²) in [6.45, 7) is 2.29. The van der Waals surface area contributed by atoms with E-state index in [0.29, 0.717) is 17.8 Å². The first-order valence-corrected chi connectivity index (χ1v) is 10.3. The van der Waals surface area contributed by atoms with Crippen LogP contribution in [0.5, 0.6) is 0 Å². The van der Waals surface area contributed by atoms with Crippen molar-refractivity contribution in [2.45, 2.75) is 56.7 Å². The first-order chi connectivity index (χ1) is 12.3. The van der Waals surface area contributed by atoms with Crippen molar-refractivity contribution >= 4 is 32.3 Å². The van der Waals surface area contributed by atoms with Crippen LogP contribution in [0.15, 0.2) is 18.3 Å². The summed E-state index contributed by atoms with van der Waals surface area (Å²) in [5.74, 6) is -0.0352. The molecule has 0 radical (unpaired) electrons. The Hall–Kier alpha value is -1.66. The van der Waals surface area contributed by atoms with Gasteiger partial charge in [-0.1, -0.05) is 0 Å². The van der Waals surface area contributed by atoms with Crippen molar-refractivity contribution in [3.8, 4) is 0 Å². The van der Waals surface area contributed by atoms with Crippen LogP contribution >= 0.6 is 11.3 Å². The molecule has 25 heavy (non-hydrogen) atoms. The lowest BCUT2D eigenvalue weighted by Crippen LogP contribution is -2.43. The van der Waals surface area contributed by atoms with Crippen molar-refractivity contribution in [1.82, 2.24) is 15.6 Å². The monoisotopic (exact) mass is 356 g/mol. The second-order valence-electron chi connectivity index (χ2n) is 7.60. The van der Waals surface area contributed by atoms with E-state index in [0.717, 1.165) is 24.9 Å². The molecule has 5 nitrogen and oxygen atoms in total. The summed E-state index contributed by atoms with van der Waals surface area (Å²) in [7, 11) is 0. The van der Waals surface area contributed by atoms with Crippen molar-refractivity contribution in [2.75, 3.05) is 18.0 Å². The number of anilines is 1. The Labute approximate surface area is 151 Å². The third kappa shape index (κ3) is 2.91. The Kier molecular flexibility index (Phi) is 3.90. The number of nitrogens with zero attached hydrogens (tertiary/aromatic N) is 2. The highest BCUT2D eigenvalue weighted by Gasteiger charge is 2.39. The third-order valence-corrected chi connectivity index (χ3v) is 7.05. The summed E-state index contributed by atoms with van der Waals surface area (Å²) >= 11 is 1.79. The molecule has 1 amide bonds. The van der Waals surface area contributed by atoms with Gasteiger partial charge in [0, 0.05) is 37.4 Å². The average Bonchev–Trinajstić information content (AvgIpc) is 3.36. The van der Waals surface area contributed by atoms with Crippen LogP contribution in [0.25, 0.3) is 10.1 Å². The molecule has 0 spiro atoms. The van der Waals surface area contributed by atoms with E-state index in [2.05, 4.69) is 26.6 Å². The smallest absolute Gasteiger partial charge is 0.270 e. The number of fused-ring (bicyclic) bond motifs is 3. The first-order valence-electron chi connectivity index (χ1n) is 9.48. The molecule has 2 bridgehead atoms. The Bertz CT molecular complexity index is 798. The third-order valence-electron chi connectivity index (χ3n) is 5.91. The standard InChI is InChI=1S/C19H24N4OS/c24-19(22-15-10-13-4-5-14(15)21-13)16-8-12-9-18(25-17(12)11-20-16)23-6-2-1-3-7-23/h8-9,11,13-15,21H,1-7,10H2,(H,22,24)/t13-,14+,15-/m1/s1. The molecule has 3 aliphatic heterocycles. The summed E-state index contributed by atoms with van der Waals surface area (Å²) in [6, 6.07) is 5.48. The summed E-state index contributed by atoms with van der Waals surface area (Å²) in [6.07, 6.45) is 9.22. The maximum absolute atomic E-state index is 12.6. The predicted molar refractivity (Wildman–Crippen MR) is 102 cm³/mol. The zero-order valence-electron chi connectivity index (χ0n) is 14.3. The number of thiophene rings is 1. The fraction of sp³-hybridized carbons (Fsp3) is 0.579. The van der Waals surface area contributed by atoms with E-state index in [4.69, 9.17) is 0 Å². The minimum atomic E-state index is -0.0352. The van der Waals surface area contributed by atoms with Gasteiger partial charge in [0.15, 0.2) is 0 Å². The van der Waals surface area contributed by atoms with Crippen LogP contribution in [0.1, 0.15) is 49.0 Å². The number of carbonyl (C=O) groups is 1. The maximum atomic E-state index is 12.6. The molecule has 132 valence electrons. The minimum absolute atomic E-state index is 0.0352. The maximum Gasteiger partial charge on any atom is 0.270 e. The molecule has 2 N–H and O–H groups in total. The normalized spacial score (nSPS) is 28.6. The van der Waals surface area contributed by atoms with E-state index in [1.165, 1.54) is 41.8 Å². The first kappa shape index (κ1) is 15.6. The highest BCUT2D eigenvalue weighted by Crippen LogP contribution is 2.34. The van der Waals surface area contributed by atoms with Crippen LogP contribution in [0.3, 0.4) is 0 Å². The van der Waals surface area contributed by atoms with Crippen LogP contribution in [0.4, 0.5) is 5.00 Å². The number of hydrogen-bond acceptors (Lipinski definition) is 5. The minimum Gasteiger partial charge on any atom is -0.363 e. The molecule has 2 aromatic heterocycles.